The normalized spacial score (nSPS) is 17.4. The summed E-state index contributed by atoms with van der Waals surface area (Å²) < 4.78 is 4.97. The second kappa shape index (κ2) is 11.1. The van der Waals surface area contributed by atoms with Gasteiger partial charge in [-0.15, -0.1) is 0 Å². The minimum Gasteiger partial charge on any atom is -0.497 e. The lowest BCUT2D eigenvalue weighted by Crippen LogP contribution is -2.37. The zero-order valence-corrected chi connectivity index (χ0v) is 17.6. The Labute approximate surface area is 173 Å². The zero-order chi connectivity index (χ0) is 20.5. The number of aliphatic hydroxyl groups excluding tert-OH is 1. The van der Waals surface area contributed by atoms with Crippen molar-refractivity contribution in [3.8, 4) is 11.8 Å². The van der Waals surface area contributed by atoms with Gasteiger partial charge in [0.1, 0.15) is 5.75 Å². The summed E-state index contributed by atoms with van der Waals surface area (Å²) in [5.41, 5.74) is 2.85. The molecule has 2 aromatic rings. The van der Waals surface area contributed by atoms with Crippen LogP contribution in [0.15, 0.2) is 42.5 Å². The maximum absolute atomic E-state index is 9.59. The number of hydrogen-bond donors (Lipinski definition) is 1. The van der Waals surface area contributed by atoms with Crippen molar-refractivity contribution < 1.29 is 9.84 Å². The van der Waals surface area contributed by atoms with Crippen molar-refractivity contribution in [2.45, 2.75) is 32.7 Å². The summed E-state index contributed by atoms with van der Waals surface area (Å²) >= 11 is 6.01. The van der Waals surface area contributed by atoms with E-state index >= 15 is 0 Å². The molecule has 1 N–H and O–H groups in total. The number of ether oxygens (including phenoxy) is 1. The molecule has 2 aromatic carbocycles. The summed E-state index contributed by atoms with van der Waals surface area (Å²) in [5.74, 6) is 1.61. The van der Waals surface area contributed by atoms with E-state index in [1.165, 1.54) is 12.0 Å². The molecule has 1 fully saturated rings. The quantitative estimate of drug-likeness (QED) is 0.804. The average molecular weight is 401 g/mol. The highest BCUT2D eigenvalue weighted by Crippen LogP contribution is 2.22. The molecule has 0 amide bonds. The molecule has 1 aliphatic heterocycles. The molecule has 1 aliphatic rings. The van der Waals surface area contributed by atoms with Crippen LogP contribution in [0.25, 0.3) is 0 Å². The minimum absolute atomic E-state index is 0.120. The van der Waals surface area contributed by atoms with Gasteiger partial charge in [-0.1, -0.05) is 36.2 Å². The first kappa shape index (κ1) is 22.2. The Hall–Kier alpha value is -2.06. The van der Waals surface area contributed by atoms with Crippen LogP contribution >= 0.6 is 11.6 Å². The Balaban J connectivity index is 0.000000261. The molecular formula is C23H29ClN2O2. The molecular weight excluding hydrogens is 372 g/mol. The first-order valence-corrected chi connectivity index (χ1v) is 9.98. The molecule has 1 heterocycles. The Morgan fingerprint density at radius 1 is 1.29 bits per heavy atom. The van der Waals surface area contributed by atoms with E-state index < -0.39 is 0 Å². The zero-order valence-electron chi connectivity index (χ0n) is 16.9. The van der Waals surface area contributed by atoms with Gasteiger partial charge in [0.15, 0.2) is 0 Å². The lowest BCUT2D eigenvalue weighted by atomic mass is 10.0. The molecule has 1 saturated heterocycles. The molecule has 28 heavy (non-hydrogen) atoms. The van der Waals surface area contributed by atoms with E-state index in [0.29, 0.717) is 16.5 Å². The van der Waals surface area contributed by atoms with Crippen molar-refractivity contribution in [2.75, 3.05) is 26.8 Å². The van der Waals surface area contributed by atoms with E-state index in [1.54, 1.807) is 13.2 Å². The van der Waals surface area contributed by atoms with E-state index in [9.17, 15) is 5.11 Å². The van der Waals surface area contributed by atoms with Crippen LogP contribution in [0.5, 0.6) is 5.75 Å². The summed E-state index contributed by atoms with van der Waals surface area (Å²) in [6.07, 6.45) is 1.92. The van der Waals surface area contributed by atoms with Crippen molar-refractivity contribution >= 4 is 11.6 Å². The van der Waals surface area contributed by atoms with Gasteiger partial charge in [0, 0.05) is 17.6 Å². The van der Waals surface area contributed by atoms with Gasteiger partial charge in [0.2, 0.25) is 0 Å². The third-order valence-electron chi connectivity index (χ3n) is 5.00. The highest BCUT2D eigenvalue weighted by Gasteiger charge is 2.25. The number of hydrogen-bond acceptors (Lipinski definition) is 4. The maximum atomic E-state index is 9.59. The molecule has 0 bridgehead atoms. The molecule has 3 rings (SSSR count). The molecule has 0 radical (unpaired) electrons. The van der Waals surface area contributed by atoms with Crippen molar-refractivity contribution in [2.24, 2.45) is 5.92 Å². The van der Waals surface area contributed by atoms with Crippen LogP contribution in [0.3, 0.4) is 0 Å². The van der Waals surface area contributed by atoms with Gasteiger partial charge in [-0.3, -0.25) is 4.90 Å². The summed E-state index contributed by atoms with van der Waals surface area (Å²) in [7, 11) is 1.67. The number of halogens is 1. The Kier molecular flexibility index (Phi) is 8.79. The van der Waals surface area contributed by atoms with Gasteiger partial charge in [0.05, 0.1) is 25.3 Å². The maximum Gasteiger partial charge on any atom is 0.118 e. The van der Waals surface area contributed by atoms with E-state index in [0.717, 1.165) is 30.8 Å². The van der Waals surface area contributed by atoms with Gasteiger partial charge < -0.3 is 9.84 Å². The molecule has 0 aliphatic carbocycles. The summed E-state index contributed by atoms with van der Waals surface area (Å²) in [5, 5.41) is 19.1. The minimum atomic E-state index is 0.120. The monoisotopic (exact) mass is 400 g/mol. The number of benzene rings is 2. The van der Waals surface area contributed by atoms with Crippen LogP contribution in [-0.2, 0) is 6.42 Å². The third-order valence-corrected chi connectivity index (χ3v) is 5.22. The van der Waals surface area contributed by atoms with Crippen LogP contribution < -0.4 is 4.74 Å². The van der Waals surface area contributed by atoms with Crippen LogP contribution in [0.2, 0.25) is 5.02 Å². The van der Waals surface area contributed by atoms with Crippen molar-refractivity contribution in [3.63, 3.8) is 0 Å². The molecule has 4 nitrogen and oxygen atoms in total. The number of nitrogens with zero attached hydrogens (tertiary/aromatic N) is 2. The molecule has 150 valence electrons. The van der Waals surface area contributed by atoms with Gasteiger partial charge >= 0.3 is 0 Å². The fourth-order valence-electron chi connectivity index (χ4n) is 3.39. The Morgan fingerprint density at radius 2 is 2.00 bits per heavy atom. The fourth-order valence-corrected chi connectivity index (χ4v) is 3.65. The van der Waals surface area contributed by atoms with Crippen molar-refractivity contribution in [1.29, 1.82) is 5.26 Å². The number of nitriles is 1. The van der Waals surface area contributed by atoms with Gasteiger partial charge in [0.25, 0.3) is 0 Å². The highest BCUT2D eigenvalue weighted by molar-refractivity contribution is 6.30. The van der Waals surface area contributed by atoms with Crippen LogP contribution in [-0.4, -0.2) is 42.9 Å². The predicted octanol–water partition coefficient (Wildman–Crippen LogP) is 4.46. The number of aliphatic hydroxyl groups is 1. The topological polar surface area (TPSA) is 56.5 Å². The van der Waals surface area contributed by atoms with E-state index in [1.807, 2.05) is 36.4 Å². The Bertz CT molecular complexity index is 786. The average Bonchev–Trinajstić information content (AvgIpc) is 3.13. The van der Waals surface area contributed by atoms with Crippen LogP contribution in [0, 0.1) is 24.2 Å². The number of rotatable bonds is 5. The first-order chi connectivity index (χ1) is 13.4. The van der Waals surface area contributed by atoms with Crippen LogP contribution in [0.1, 0.15) is 30.0 Å². The first-order valence-electron chi connectivity index (χ1n) is 9.60. The van der Waals surface area contributed by atoms with Crippen molar-refractivity contribution in [3.05, 3.63) is 64.2 Å². The van der Waals surface area contributed by atoms with Gasteiger partial charge in [-0.05, 0) is 68.1 Å². The molecule has 2 unspecified atom stereocenters. The van der Waals surface area contributed by atoms with E-state index in [2.05, 4.69) is 24.8 Å². The summed E-state index contributed by atoms with van der Waals surface area (Å²) in [6.45, 7) is 6.51. The number of likely N-dealkylation sites (tertiary alicyclic amines) is 1. The smallest absolute Gasteiger partial charge is 0.118 e. The number of methoxy groups -OCH3 is 1. The van der Waals surface area contributed by atoms with Gasteiger partial charge in [-0.2, -0.15) is 5.26 Å². The number of aryl methyl sites for hydroxylation is 1. The second-order valence-corrected chi connectivity index (χ2v) is 7.84. The summed E-state index contributed by atoms with van der Waals surface area (Å²) in [6, 6.07) is 15.6. The lowest BCUT2D eigenvalue weighted by molar-refractivity contribution is 0.142. The largest absolute Gasteiger partial charge is 0.497 e. The van der Waals surface area contributed by atoms with Crippen LogP contribution in [0.4, 0.5) is 0 Å². The van der Waals surface area contributed by atoms with Crippen molar-refractivity contribution in [1.82, 2.24) is 4.90 Å². The SMILES string of the molecule is CC1CCN(C(CO)Cc2cc(Cl)cc(C#N)c2)C1.COc1ccc(C)cc1. The van der Waals surface area contributed by atoms with Gasteiger partial charge in [-0.25, -0.2) is 0 Å². The molecule has 0 saturated carbocycles. The Morgan fingerprint density at radius 3 is 2.54 bits per heavy atom. The van der Waals surface area contributed by atoms with E-state index in [4.69, 9.17) is 21.6 Å². The fraction of sp³-hybridized carbons (Fsp3) is 0.435. The molecule has 0 aromatic heterocycles. The highest BCUT2D eigenvalue weighted by atomic mass is 35.5. The van der Waals surface area contributed by atoms with E-state index in [-0.39, 0.29) is 12.6 Å². The molecule has 2 atom stereocenters. The lowest BCUT2D eigenvalue weighted by Gasteiger charge is -2.26. The third kappa shape index (κ3) is 6.83. The molecule has 5 heteroatoms. The predicted molar refractivity (Wildman–Crippen MR) is 114 cm³/mol. The molecule has 0 spiro atoms. The standard InChI is InChI=1S/C15H19ClN2O.C8H10O/c1-11-2-3-18(9-11)15(10-19)7-12-4-13(8-17)6-14(16)5-12;1-7-3-5-8(9-2)6-4-7/h4-6,11,15,19H,2-3,7,9-10H2,1H3;3-6H,1-2H3. The second-order valence-electron chi connectivity index (χ2n) is 7.41. The summed E-state index contributed by atoms with van der Waals surface area (Å²) in [4.78, 5) is 2.33.